The lowest BCUT2D eigenvalue weighted by atomic mass is 10.2. The van der Waals surface area contributed by atoms with E-state index in [9.17, 15) is 9.50 Å². The summed E-state index contributed by atoms with van der Waals surface area (Å²) in [6, 6.07) is 9.23. The Kier molecular flexibility index (Phi) is 4.20. The molecular formula is C15H9Cl2FN2OS. The van der Waals surface area contributed by atoms with E-state index in [2.05, 4.69) is 10.3 Å². The van der Waals surface area contributed by atoms with Gasteiger partial charge in [-0.1, -0.05) is 23.2 Å². The van der Waals surface area contributed by atoms with Gasteiger partial charge in [0.05, 0.1) is 15.7 Å². The highest BCUT2D eigenvalue weighted by Crippen LogP contribution is 2.36. The smallest absolute Gasteiger partial charge is 0.187 e. The highest BCUT2D eigenvalue weighted by Gasteiger charge is 2.09. The number of benzene rings is 2. The Hall–Kier alpha value is -1.82. The van der Waals surface area contributed by atoms with Crippen molar-refractivity contribution in [2.45, 2.75) is 0 Å². The molecule has 0 aliphatic carbocycles. The molecule has 0 fully saturated rings. The maximum atomic E-state index is 12.9. The number of phenols is 1. The summed E-state index contributed by atoms with van der Waals surface area (Å²) < 4.78 is 12.9. The monoisotopic (exact) mass is 354 g/mol. The summed E-state index contributed by atoms with van der Waals surface area (Å²) in [6.07, 6.45) is 0. The third-order valence-corrected chi connectivity index (χ3v) is 4.25. The summed E-state index contributed by atoms with van der Waals surface area (Å²) in [4.78, 5) is 4.42. The van der Waals surface area contributed by atoms with Crippen molar-refractivity contribution in [3.05, 3.63) is 57.6 Å². The van der Waals surface area contributed by atoms with Gasteiger partial charge >= 0.3 is 0 Å². The molecule has 2 N–H and O–H groups in total. The van der Waals surface area contributed by atoms with E-state index in [0.29, 0.717) is 10.8 Å². The van der Waals surface area contributed by atoms with E-state index in [4.69, 9.17) is 23.2 Å². The number of nitrogens with zero attached hydrogens (tertiary/aromatic N) is 1. The van der Waals surface area contributed by atoms with Gasteiger partial charge in [-0.25, -0.2) is 9.37 Å². The third-order valence-electron chi connectivity index (χ3n) is 2.91. The van der Waals surface area contributed by atoms with Crippen molar-refractivity contribution in [3.63, 3.8) is 0 Å². The molecule has 0 radical (unpaired) electrons. The number of halogens is 3. The van der Waals surface area contributed by atoms with Crippen molar-refractivity contribution in [3.8, 4) is 17.0 Å². The fourth-order valence-electron chi connectivity index (χ4n) is 1.85. The highest BCUT2D eigenvalue weighted by atomic mass is 35.5. The van der Waals surface area contributed by atoms with Gasteiger partial charge in [-0.3, -0.25) is 0 Å². The van der Waals surface area contributed by atoms with E-state index in [1.807, 2.05) is 5.38 Å². The van der Waals surface area contributed by atoms with Crippen molar-refractivity contribution in [1.29, 1.82) is 0 Å². The van der Waals surface area contributed by atoms with Gasteiger partial charge in [-0.05, 0) is 36.4 Å². The molecule has 3 rings (SSSR count). The minimum Gasteiger partial charge on any atom is -0.505 e. The van der Waals surface area contributed by atoms with E-state index in [-0.39, 0.29) is 21.6 Å². The molecule has 0 spiro atoms. The van der Waals surface area contributed by atoms with Crippen LogP contribution in [0.15, 0.2) is 41.8 Å². The fraction of sp³-hybridized carbons (Fsp3) is 0. The van der Waals surface area contributed by atoms with Gasteiger partial charge in [0, 0.05) is 16.6 Å². The third kappa shape index (κ3) is 3.16. The summed E-state index contributed by atoms with van der Waals surface area (Å²) in [6.45, 7) is 0. The molecule has 0 atom stereocenters. The predicted octanol–water partition coefficient (Wildman–Crippen LogP) is 5.71. The number of anilines is 2. The molecule has 0 bridgehead atoms. The molecule has 22 heavy (non-hydrogen) atoms. The molecule has 0 saturated carbocycles. The molecule has 0 amide bonds. The van der Waals surface area contributed by atoms with Crippen LogP contribution in [0.25, 0.3) is 11.3 Å². The van der Waals surface area contributed by atoms with E-state index >= 15 is 0 Å². The number of rotatable bonds is 3. The number of nitrogens with one attached hydrogen (secondary N) is 1. The first-order valence-electron chi connectivity index (χ1n) is 6.19. The molecule has 1 heterocycles. The Balaban J connectivity index is 1.84. The van der Waals surface area contributed by atoms with E-state index in [0.717, 1.165) is 11.3 Å². The van der Waals surface area contributed by atoms with Gasteiger partial charge in [0.1, 0.15) is 5.82 Å². The van der Waals surface area contributed by atoms with Crippen LogP contribution < -0.4 is 5.32 Å². The van der Waals surface area contributed by atoms with Crippen LogP contribution in [-0.4, -0.2) is 10.1 Å². The maximum Gasteiger partial charge on any atom is 0.187 e. The molecule has 112 valence electrons. The van der Waals surface area contributed by atoms with Crippen molar-refractivity contribution in [2.24, 2.45) is 0 Å². The van der Waals surface area contributed by atoms with E-state index < -0.39 is 0 Å². The van der Waals surface area contributed by atoms with Crippen molar-refractivity contribution in [1.82, 2.24) is 4.98 Å². The van der Waals surface area contributed by atoms with Gasteiger partial charge in [0.15, 0.2) is 10.9 Å². The molecule has 0 saturated heterocycles. The second kappa shape index (κ2) is 6.12. The Morgan fingerprint density at radius 3 is 2.36 bits per heavy atom. The van der Waals surface area contributed by atoms with Crippen LogP contribution in [0.5, 0.6) is 5.75 Å². The molecule has 1 aromatic heterocycles. The molecule has 0 aliphatic heterocycles. The van der Waals surface area contributed by atoms with Crippen LogP contribution in [0.2, 0.25) is 10.0 Å². The average molecular weight is 355 g/mol. The Bertz CT molecular complexity index is 798. The summed E-state index contributed by atoms with van der Waals surface area (Å²) in [7, 11) is 0. The number of aromatic hydroxyl groups is 1. The number of hydrogen-bond donors (Lipinski definition) is 2. The van der Waals surface area contributed by atoms with Gasteiger partial charge in [-0.15, -0.1) is 11.3 Å². The number of phenolic OH excluding ortho intramolecular Hbond substituents is 1. The summed E-state index contributed by atoms with van der Waals surface area (Å²) in [5, 5.41) is 15.4. The lowest BCUT2D eigenvalue weighted by Crippen LogP contribution is -1.90. The standard InChI is InChI=1S/C15H9Cl2FN2OS/c16-11-5-10(6-12(17)14(11)21)19-15-20-13(7-22-15)8-1-3-9(18)4-2-8/h1-7,21H,(H,19,20). The largest absolute Gasteiger partial charge is 0.505 e. The van der Waals surface area contributed by atoms with Crippen LogP contribution in [0.4, 0.5) is 15.2 Å². The Morgan fingerprint density at radius 1 is 1.09 bits per heavy atom. The number of hydrogen-bond acceptors (Lipinski definition) is 4. The lowest BCUT2D eigenvalue weighted by molar-refractivity contribution is 0.476. The molecule has 0 aliphatic rings. The van der Waals surface area contributed by atoms with E-state index in [1.165, 1.54) is 23.5 Å². The second-order valence-corrected chi connectivity index (χ2v) is 6.13. The summed E-state index contributed by atoms with van der Waals surface area (Å²) in [5.74, 6) is -0.439. The normalized spacial score (nSPS) is 10.7. The SMILES string of the molecule is Oc1c(Cl)cc(Nc2nc(-c3ccc(F)cc3)cs2)cc1Cl. The maximum absolute atomic E-state index is 12.9. The quantitative estimate of drug-likeness (QED) is 0.592. The zero-order valence-electron chi connectivity index (χ0n) is 11.0. The zero-order valence-corrected chi connectivity index (χ0v) is 13.3. The highest BCUT2D eigenvalue weighted by molar-refractivity contribution is 7.14. The number of aromatic nitrogens is 1. The minimum absolute atomic E-state index is 0.153. The van der Waals surface area contributed by atoms with E-state index in [1.54, 1.807) is 24.3 Å². The zero-order chi connectivity index (χ0) is 15.7. The molecule has 3 aromatic rings. The molecule has 0 unspecified atom stereocenters. The Morgan fingerprint density at radius 2 is 1.73 bits per heavy atom. The van der Waals surface area contributed by atoms with Crippen LogP contribution in [-0.2, 0) is 0 Å². The first-order valence-corrected chi connectivity index (χ1v) is 7.83. The Labute approximate surface area is 140 Å². The first-order chi connectivity index (χ1) is 10.5. The molecular weight excluding hydrogens is 346 g/mol. The first kappa shape index (κ1) is 15.1. The van der Waals surface area contributed by atoms with Gasteiger partial charge in [0.2, 0.25) is 0 Å². The van der Waals surface area contributed by atoms with Gasteiger partial charge in [-0.2, -0.15) is 0 Å². The van der Waals surface area contributed by atoms with Crippen LogP contribution >= 0.6 is 34.5 Å². The van der Waals surface area contributed by atoms with Crippen LogP contribution in [0, 0.1) is 5.82 Å². The second-order valence-electron chi connectivity index (χ2n) is 4.46. The van der Waals surface area contributed by atoms with Gasteiger partial charge in [0.25, 0.3) is 0 Å². The molecule has 3 nitrogen and oxygen atoms in total. The topological polar surface area (TPSA) is 45.1 Å². The summed E-state index contributed by atoms with van der Waals surface area (Å²) in [5.41, 5.74) is 2.18. The number of thiazole rings is 1. The fourth-order valence-corrected chi connectivity index (χ4v) is 3.07. The summed E-state index contributed by atoms with van der Waals surface area (Å²) >= 11 is 13.1. The molecule has 2 aromatic carbocycles. The molecule has 7 heteroatoms. The van der Waals surface area contributed by atoms with Crippen LogP contribution in [0.3, 0.4) is 0 Å². The van der Waals surface area contributed by atoms with Crippen molar-refractivity contribution < 1.29 is 9.50 Å². The van der Waals surface area contributed by atoms with Gasteiger partial charge < -0.3 is 10.4 Å². The predicted molar refractivity (Wildman–Crippen MR) is 88.9 cm³/mol. The van der Waals surface area contributed by atoms with Crippen LogP contribution in [0.1, 0.15) is 0 Å². The lowest BCUT2D eigenvalue weighted by Gasteiger charge is -2.06. The average Bonchev–Trinajstić information content (AvgIpc) is 2.94. The van der Waals surface area contributed by atoms with Crippen molar-refractivity contribution >= 4 is 45.4 Å². The minimum atomic E-state index is -0.286. The van der Waals surface area contributed by atoms with Crippen molar-refractivity contribution in [2.75, 3.05) is 5.32 Å².